The van der Waals surface area contributed by atoms with Gasteiger partial charge in [-0.2, -0.15) is 0 Å². The number of carbonyl (C=O) groups is 2. The standard InChI is InChI=1S/C7H9N3O4/c8-5(6(11)12)1-4-2-10(3-9-4)7(13)14/h2-3,5H,1,8H2,(H,11,12)(H,13,14)/t5-/m0/s1. The molecule has 0 saturated carbocycles. The summed E-state index contributed by atoms with van der Waals surface area (Å²) in [7, 11) is 0. The first kappa shape index (κ1) is 10.2. The Morgan fingerprint density at radius 3 is 2.64 bits per heavy atom. The molecular weight excluding hydrogens is 190 g/mol. The van der Waals surface area contributed by atoms with Crippen LogP contribution in [0.4, 0.5) is 4.79 Å². The molecule has 0 aliphatic carbocycles. The van der Waals surface area contributed by atoms with Crippen LogP contribution in [0.5, 0.6) is 0 Å². The fourth-order valence-electron chi connectivity index (χ4n) is 0.886. The van der Waals surface area contributed by atoms with E-state index in [-0.39, 0.29) is 6.42 Å². The third-order valence-electron chi connectivity index (χ3n) is 1.60. The van der Waals surface area contributed by atoms with Crippen LogP contribution in [-0.2, 0) is 11.2 Å². The SMILES string of the molecule is N[C@@H](Cc1cn(C(=O)O)cn1)C(=O)O. The van der Waals surface area contributed by atoms with Crippen molar-refractivity contribution in [2.45, 2.75) is 12.5 Å². The summed E-state index contributed by atoms with van der Waals surface area (Å²) in [5, 5.41) is 17.0. The van der Waals surface area contributed by atoms with Gasteiger partial charge in [0.1, 0.15) is 12.4 Å². The molecular formula is C7H9N3O4. The van der Waals surface area contributed by atoms with Crippen molar-refractivity contribution in [3.05, 3.63) is 18.2 Å². The van der Waals surface area contributed by atoms with Crippen molar-refractivity contribution in [2.24, 2.45) is 5.73 Å². The molecule has 7 heteroatoms. The summed E-state index contributed by atoms with van der Waals surface area (Å²) >= 11 is 0. The fourth-order valence-corrected chi connectivity index (χ4v) is 0.886. The first-order chi connectivity index (χ1) is 6.50. The molecule has 0 fully saturated rings. The van der Waals surface area contributed by atoms with Crippen LogP contribution in [0.1, 0.15) is 5.69 Å². The molecule has 0 aliphatic heterocycles. The number of rotatable bonds is 3. The monoisotopic (exact) mass is 199 g/mol. The van der Waals surface area contributed by atoms with E-state index < -0.39 is 18.1 Å². The molecule has 7 nitrogen and oxygen atoms in total. The highest BCUT2D eigenvalue weighted by atomic mass is 16.4. The van der Waals surface area contributed by atoms with Gasteiger partial charge in [-0.15, -0.1) is 0 Å². The van der Waals surface area contributed by atoms with E-state index in [4.69, 9.17) is 15.9 Å². The van der Waals surface area contributed by atoms with Gasteiger partial charge in [0.2, 0.25) is 0 Å². The molecule has 0 spiro atoms. The Balaban J connectivity index is 2.69. The Morgan fingerprint density at radius 2 is 2.21 bits per heavy atom. The second kappa shape index (κ2) is 3.88. The zero-order valence-electron chi connectivity index (χ0n) is 7.12. The number of carboxylic acids is 1. The van der Waals surface area contributed by atoms with Gasteiger partial charge in [0.05, 0.1) is 5.69 Å². The number of hydrogen-bond acceptors (Lipinski definition) is 4. The molecule has 0 amide bonds. The lowest BCUT2D eigenvalue weighted by Gasteiger charge is -2.01. The molecule has 0 saturated heterocycles. The Hall–Kier alpha value is -1.89. The summed E-state index contributed by atoms with van der Waals surface area (Å²) in [6.45, 7) is 0. The van der Waals surface area contributed by atoms with Crippen LogP contribution in [0.25, 0.3) is 0 Å². The van der Waals surface area contributed by atoms with E-state index in [1.807, 2.05) is 0 Å². The van der Waals surface area contributed by atoms with E-state index in [0.29, 0.717) is 5.69 Å². The molecule has 0 bridgehead atoms. The molecule has 1 aromatic rings. The lowest BCUT2D eigenvalue weighted by atomic mass is 10.2. The zero-order valence-corrected chi connectivity index (χ0v) is 7.12. The van der Waals surface area contributed by atoms with Crippen molar-refractivity contribution < 1.29 is 19.8 Å². The first-order valence-corrected chi connectivity index (χ1v) is 3.75. The van der Waals surface area contributed by atoms with Gasteiger partial charge in [-0.1, -0.05) is 0 Å². The second-order valence-corrected chi connectivity index (χ2v) is 2.70. The number of nitrogens with two attached hydrogens (primary N) is 1. The second-order valence-electron chi connectivity index (χ2n) is 2.70. The van der Waals surface area contributed by atoms with Gasteiger partial charge in [0.25, 0.3) is 0 Å². The third-order valence-corrected chi connectivity index (χ3v) is 1.60. The van der Waals surface area contributed by atoms with Gasteiger partial charge in [-0.25, -0.2) is 14.3 Å². The topological polar surface area (TPSA) is 118 Å². The van der Waals surface area contributed by atoms with Gasteiger partial charge in [0, 0.05) is 12.6 Å². The van der Waals surface area contributed by atoms with Crippen LogP contribution >= 0.6 is 0 Å². The van der Waals surface area contributed by atoms with E-state index in [2.05, 4.69) is 4.98 Å². The van der Waals surface area contributed by atoms with Gasteiger partial charge >= 0.3 is 12.1 Å². The largest absolute Gasteiger partial charge is 0.480 e. The molecule has 4 N–H and O–H groups in total. The van der Waals surface area contributed by atoms with Crippen LogP contribution in [0.15, 0.2) is 12.5 Å². The number of hydrogen-bond donors (Lipinski definition) is 3. The lowest BCUT2D eigenvalue weighted by molar-refractivity contribution is -0.138. The highest BCUT2D eigenvalue weighted by molar-refractivity contribution is 5.73. The minimum absolute atomic E-state index is 0.00954. The first-order valence-electron chi connectivity index (χ1n) is 3.75. The van der Waals surface area contributed by atoms with E-state index in [1.165, 1.54) is 6.20 Å². The van der Waals surface area contributed by atoms with Crippen molar-refractivity contribution in [3.63, 3.8) is 0 Å². The Morgan fingerprint density at radius 1 is 1.57 bits per heavy atom. The minimum atomic E-state index is -1.17. The number of carboxylic acid groups (broad SMARTS) is 2. The maximum atomic E-state index is 10.4. The fraction of sp³-hybridized carbons (Fsp3) is 0.286. The van der Waals surface area contributed by atoms with E-state index in [9.17, 15) is 9.59 Å². The molecule has 1 heterocycles. The van der Waals surface area contributed by atoms with Crippen LogP contribution in [0.2, 0.25) is 0 Å². The van der Waals surface area contributed by atoms with Crippen molar-refractivity contribution in [1.29, 1.82) is 0 Å². The van der Waals surface area contributed by atoms with Crippen LogP contribution in [-0.4, -0.2) is 37.9 Å². The van der Waals surface area contributed by atoms with E-state index in [0.717, 1.165) is 10.9 Å². The molecule has 76 valence electrons. The summed E-state index contributed by atoms with van der Waals surface area (Å²) in [5.41, 5.74) is 5.57. The predicted molar refractivity (Wildman–Crippen MR) is 45.0 cm³/mol. The summed E-state index contributed by atoms with van der Waals surface area (Å²) in [6.07, 6.45) is 1.15. The average Bonchev–Trinajstić information content (AvgIpc) is 2.52. The van der Waals surface area contributed by atoms with Crippen molar-refractivity contribution >= 4 is 12.1 Å². The minimum Gasteiger partial charge on any atom is -0.480 e. The van der Waals surface area contributed by atoms with E-state index >= 15 is 0 Å². The lowest BCUT2D eigenvalue weighted by Crippen LogP contribution is -2.32. The molecule has 1 rings (SSSR count). The van der Waals surface area contributed by atoms with Crippen LogP contribution < -0.4 is 5.73 Å². The molecule has 0 radical (unpaired) electrons. The smallest absolute Gasteiger partial charge is 0.416 e. The Labute approximate surface area is 78.8 Å². The van der Waals surface area contributed by atoms with Crippen molar-refractivity contribution in [3.8, 4) is 0 Å². The molecule has 14 heavy (non-hydrogen) atoms. The van der Waals surface area contributed by atoms with Crippen molar-refractivity contribution in [1.82, 2.24) is 9.55 Å². The third kappa shape index (κ3) is 2.30. The normalized spacial score (nSPS) is 12.4. The molecule has 0 unspecified atom stereocenters. The number of aromatic nitrogens is 2. The number of imidazole rings is 1. The van der Waals surface area contributed by atoms with Crippen LogP contribution in [0.3, 0.4) is 0 Å². The quantitative estimate of drug-likeness (QED) is 0.596. The summed E-state index contributed by atoms with van der Waals surface area (Å²) in [5.74, 6) is -1.14. The number of nitrogens with zero attached hydrogens (tertiary/aromatic N) is 2. The van der Waals surface area contributed by atoms with E-state index in [1.54, 1.807) is 0 Å². The number of aliphatic carboxylic acids is 1. The van der Waals surface area contributed by atoms with Crippen molar-refractivity contribution in [2.75, 3.05) is 0 Å². The highest BCUT2D eigenvalue weighted by Crippen LogP contribution is 1.99. The molecule has 1 aromatic heterocycles. The van der Waals surface area contributed by atoms with Gasteiger partial charge < -0.3 is 15.9 Å². The molecule has 0 aromatic carbocycles. The average molecular weight is 199 g/mol. The zero-order chi connectivity index (χ0) is 10.7. The Bertz CT molecular complexity index is 360. The van der Waals surface area contributed by atoms with Gasteiger partial charge in [0.15, 0.2) is 0 Å². The predicted octanol–water partition coefficient (Wildman–Crippen LogP) is -0.636. The maximum Gasteiger partial charge on any atom is 0.416 e. The summed E-state index contributed by atoms with van der Waals surface area (Å²) < 4.78 is 0.837. The van der Waals surface area contributed by atoms with Crippen LogP contribution in [0, 0.1) is 0 Å². The van der Waals surface area contributed by atoms with Gasteiger partial charge in [-0.05, 0) is 0 Å². The summed E-state index contributed by atoms with van der Waals surface area (Å²) in [4.78, 5) is 24.5. The molecule has 1 atom stereocenters. The Kier molecular flexibility index (Phi) is 2.82. The maximum absolute atomic E-state index is 10.4. The summed E-state index contributed by atoms with van der Waals surface area (Å²) in [6, 6.07) is -1.06. The highest BCUT2D eigenvalue weighted by Gasteiger charge is 2.14. The van der Waals surface area contributed by atoms with Gasteiger partial charge in [-0.3, -0.25) is 4.79 Å². The molecule has 0 aliphatic rings.